The standard InChI is InChI=1S/C18H31N5O7/c1-3-10(2)15(20)16(27)21-8-14(26)23(12(9-24)18(29)30)17(28)11-5-4-6-22(11)13(25)7-19/h10-12,15,24H,3-9,19-20H2,1-2H3,(H,21,27)(H,29,30)/t10-,11-,12-,15-/m0/s1. The van der Waals surface area contributed by atoms with Gasteiger partial charge in [-0.1, -0.05) is 20.3 Å². The van der Waals surface area contributed by atoms with Gasteiger partial charge in [-0.3, -0.25) is 24.1 Å². The molecule has 12 nitrogen and oxygen atoms in total. The van der Waals surface area contributed by atoms with E-state index in [4.69, 9.17) is 11.5 Å². The number of hydrogen-bond donors (Lipinski definition) is 5. The second-order valence-corrected chi connectivity index (χ2v) is 7.22. The van der Waals surface area contributed by atoms with Gasteiger partial charge in [0.05, 0.1) is 25.7 Å². The van der Waals surface area contributed by atoms with Gasteiger partial charge >= 0.3 is 5.97 Å². The normalized spacial score (nSPS) is 19.0. The van der Waals surface area contributed by atoms with Crippen molar-refractivity contribution < 1.29 is 34.2 Å². The second-order valence-electron chi connectivity index (χ2n) is 7.22. The van der Waals surface area contributed by atoms with Gasteiger partial charge < -0.3 is 31.9 Å². The number of carboxylic acids is 1. The summed E-state index contributed by atoms with van der Waals surface area (Å²) in [6.45, 7) is 1.80. The molecule has 4 atom stereocenters. The highest BCUT2D eigenvalue weighted by atomic mass is 16.4. The van der Waals surface area contributed by atoms with Crippen molar-refractivity contribution in [2.75, 3.05) is 26.2 Å². The predicted molar refractivity (Wildman–Crippen MR) is 105 cm³/mol. The number of nitrogens with two attached hydrogens (primary N) is 2. The second kappa shape index (κ2) is 11.6. The smallest absolute Gasteiger partial charge is 0.329 e. The molecule has 7 N–H and O–H groups in total. The third kappa shape index (κ3) is 5.97. The Labute approximate surface area is 174 Å². The Hall–Kier alpha value is -2.57. The molecule has 0 aromatic rings. The number of aliphatic carboxylic acids is 1. The predicted octanol–water partition coefficient (Wildman–Crippen LogP) is -2.77. The van der Waals surface area contributed by atoms with Gasteiger partial charge in [-0.25, -0.2) is 4.79 Å². The number of likely N-dealkylation sites (tertiary alicyclic amines) is 1. The van der Waals surface area contributed by atoms with Gasteiger partial charge in [-0.2, -0.15) is 0 Å². The van der Waals surface area contributed by atoms with Crippen LogP contribution in [0, 0.1) is 5.92 Å². The van der Waals surface area contributed by atoms with Gasteiger partial charge in [-0.15, -0.1) is 0 Å². The van der Waals surface area contributed by atoms with Crippen LogP contribution in [0.5, 0.6) is 0 Å². The van der Waals surface area contributed by atoms with Crippen molar-refractivity contribution in [2.24, 2.45) is 17.4 Å². The number of rotatable bonds is 10. The fraction of sp³-hybridized carbons (Fsp3) is 0.722. The van der Waals surface area contributed by atoms with E-state index in [0.29, 0.717) is 17.7 Å². The van der Waals surface area contributed by atoms with E-state index in [-0.39, 0.29) is 25.4 Å². The van der Waals surface area contributed by atoms with Crippen LogP contribution in [0.15, 0.2) is 0 Å². The molecule has 1 aliphatic rings. The monoisotopic (exact) mass is 429 g/mol. The fourth-order valence-corrected chi connectivity index (χ4v) is 3.20. The number of aliphatic hydroxyl groups is 1. The van der Waals surface area contributed by atoms with E-state index in [9.17, 15) is 34.2 Å². The van der Waals surface area contributed by atoms with Crippen LogP contribution < -0.4 is 16.8 Å². The highest BCUT2D eigenvalue weighted by Gasteiger charge is 2.42. The number of aliphatic hydroxyl groups excluding tert-OH is 1. The van der Waals surface area contributed by atoms with Crippen molar-refractivity contribution in [1.29, 1.82) is 0 Å². The zero-order valence-corrected chi connectivity index (χ0v) is 17.2. The van der Waals surface area contributed by atoms with Crippen molar-refractivity contribution in [3.63, 3.8) is 0 Å². The first-order valence-corrected chi connectivity index (χ1v) is 9.82. The number of carbonyl (C=O) groups excluding carboxylic acids is 4. The van der Waals surface area contributed by atoms with E-state index in [0.717, 1.165) is 0 Å². The average molecular weight is 429 g/mol. The first-order chi connectivity index (χ1) is 14.1. The molecule has 0 saturated carbocycles. The summed E-state index contributed by atoms with van der Waals surface area (Å²) in [5, 5.41) is 21.1. The minimum absolute atomic E-state index is 0.156. The van der Waals surface area contributed by atoms with Crippen LogP contribution in [0.25, 0.3) is 0 Å². The van der Waals surface area contributed by atoms with Crippen molar-refractivity contribution in [1.82, 2.24) is 15.1 Å². The molecular weight excluding hydrogens is 398 g/mol. The number of imide groups is 1. The van der Waals surface area contributed by atoms with Crippen LogP contribution in [-0.2, 0) is 24.0 Å². The number of carboxylic acid groups (broad SMARTS) is 1. The molecule has 0 unspecified atom stereocenters. The maximum Gasteiger partial charge on any atom is 0.329 e. The minimum Gasteiger partial charge on any atom is -0.480 e. The third-order valence-electron chi connectivity index (χ3n) is 5.28. The molecule has 0 aromatic heterocycles. The molecule has 1 heterocycles. The molecule has 170 valence electrons. The van der Waals surface area contributed by atoms with E-state index in [1.807, 2.05) is 6.92 Å². The van der Waals surface area contributed by atoms with Gasteiger partial charge in [0, 0.05) is 6.54 Å². The van der Waals surface area contributed by atoms with Gasteiger partial charge in [0.25, 0.3) is 5.91 Å². The Kier molecular flexibility index (Phi) is 9.82. The molecule has 12 heteroatoms. The maximum atomic E-state index is 13.0. The number of nitrogens with one attached hydrogen (secondary N) is 1. The molecule has 30 heavy (non-hydrogen) atoms. The zero-order valence-electron chi connectivity index (χ0n) is 17.2. The molecule has 0 radical (unpaired) electrons. The Morgan fingerprint density at radius 2 is 1.90 bits per heavy atom. The highest BCUT2D eigenvalue weighted by Crippen LogP contribution is 2.21. The van der Waals surface area contributed by atoms with Crippen LogP contribution in [0.3, 0.4) is 0 Å². The average Bonchev–Trinajstić information content (AvgIpc) is 3.22. The Bertz CT molecular complexity index is 671. The molecule has 1 saturated heterocycles. The van der Waals surface area contributed by atoms with E-state index >= 15 is 0 Å². The van der Waals surface area contributed by atoms with Crippen LogP contribution >= 0.6 is 0 Å². The molecular formula is C18H31N5O7. The SMILES string of the molecule is CC[C@H](C)[C@H](N)C(=O)NCC(=O)N(C(=O)[C@@H]1CCCN1C(=O)CN)[C@@H](CO)C(=O)O. The van der Waals surface area contributed by atoms with Gasteiger partial charge in [0.15, 0.2) is 6.04 Å². The molecule has 1 fully saturated rings. The summed E-state index contributed by atoms with van der Waals surface area (Å²) in [5.41, 5.74) is 11.2. The fourth-order valence-electron chi connectivity index (χ4n) is 3.20. The summed E-state index contributed by atoms with van der Waals surface area (Å²) in [6.07, 6.45) is 1.32. The van der Waals surface area contributed by atoms with Crippen molar-refractivity contribution in [2.45, 2.75) is 51.2 Å². The van der Waals surface area contributed by atoms with Gasteiger partial charge in [0.2, 0.25) is 17.7 Å². The Balaban J connectivity index is 3.04. The molecule has 1 aliphatic heterocycles. The lowest BCUT2D eigenvalue weighted by molar-refractivity contribution is -0.162. The minimum atomic E-state index is -1.86. The van der Waals surface area contributed by atoms with Crippen molar-refractivity contribution >= 4 is 29.6 Å². The highest BCUT2D eigenvalue weighted by molar-refractivity contribution is 6.04. The van der Waals surface area contributed by atoms with Crippen LogP contribution in [-0.4, -0.2) is 94.0 Å². The number of hydrogen-bond acceptors (Lipinski definition) is 8. The van der Waals surface area contributed by atoms with E-state index in [1.165, 1.54) is 4.90 Å². The van der Waals surface area contributed by atoms with Crippen LogP contribution in [0.1, 0.15) is 33.1 Å². The van der Waals surface area contributed by atoms with Crippen LogP contribution in [0.4, 0.5) is 0 Å². The van der Waals surface area contributed by atoms with E-state index < -0.39 is 60.9 Å². The van der Waals surface area contributed by atoms with E-state index in [1.54, 1.807) is 6.92 Å². The largest absolute Gasteiger partial charge is 0.480 e. The summed E-state index contributed by atoms with van der Waals surface area (Å²) in [7, 11) is 0. The number of carbonyl (C=O) groups is 5. The topological polar surface area (TPSA) is 196 Å². The summed E-state index contributed by atoms with van der Waals surface area (Å²) >= 11 is 0. The molecule has 1 rings (SSSR count). The van der Waals surface area contributed by atoms with E-state index in [2.05, 4.69) is 5.32 Å². The first-order valence-electron chi connectivity index (χ1n) is 9.82. The molecule has 0 aliphatic carbocycles. The number of nitrogens with zero attached hydrogens (tertiary/aromatic N) is 2. The lowest BCUT2D eigenvalue weighted by Gasteiger charge is -2.32. The summed E-state index contributed by atoms with van der Waals surface area (Å²) in [6, 6.07) is -3.82. The summed E-state index contributed by atoms with van der Waals surface area (Å²) < 4.78 is 0. The zero-order chi connectivity index (χ0) is 23.0. The lowest BCUT2D eigenvalue weighted by atomic mass is 9.99. The van der Waals surface area contributed by atoms with Crippen molar-refractivity contribution in [3.8, 4) is 0 Å². The van der Waals surface area contributed by atoms with Crippen LogP contribution in [0.2, 0.25) is 0 Å². The first kappa shape index (κ1) is 25.5. The Morgan fingerprint density at radius 3 is 2.40 bits per heavy atom. The van der Waals surface area contributed by atoms with Gasteiger partial charge in [-0.05, 0) is 18.8 Å². The summed E-state index contributed by atoms with van der Waals surface area (Å²) in [4.78, 5) is 62.9. The molecule has 0 bridgehead atoms. The van der Waals surface area contributed by atoms with Gasteiger partial charge in [0.1, 0.15) is 6.04 Å². The quantitative estimate of drug-likeness (QED) is 0.244. The molecule has 0 spiro atoms. The number of amides is 4. The Morgan fingerprint density at radius 1 is 1.27 bits per heavy atom. The maximum absolute atomic E-state index is 13.0. The molecule has 4 amide bonds. The van der Waals surface area contributed by atoms with Crippen molar-refractivity contribution in [3.05, 3.63) is 0 Å². The summed E-state index contributed by atoms with van der Waals surface area (Å²) in [5.74, 6) is -4.86. The molecule has 0 aromatic carbocycles. The lowest BCUT2D eigenvalue weighted by Crippen LogP contribution is -2.59. The third-order valence-corrected chi connectivity index (χ3v) is 5.28.